The Labute approximate surface area is 158 Å². The molecule has 0 saturated heterocycles. The number of hydrogen-bond acceptors (Lipinski definition) is 6. The molecule has 0 aromatic carbocycles. The average Bonchev–Trinajstić information content (AvgIpc) is 2.14. The molecule has 111 valence electrons. The van der Waals surface area contributed by atoms with Gasteiger partial charge >= 0.3 is 15.6 Å². The molecule has 6 nitrogen and oxygen atoms in total. The monoisotopic (exact) mass is 626 g/mol. The predicted molar refractivity (Wildman–Crippen MR) is 51.2 cm³/mol. The van der Waals surface area contributed by atoms with Crippen molar-refractivity contribution < 1.29 is 103 Å². The van der Waals surface area contributed by atoms with Crippen LogP contribution in [0.4, 0.5) is 13.2 Å². The van der Waals surface area contributed by atoms with E-state index in [9.17, 15) is 26.2 Å². The van der Waals surface area contributed by atoms with Gasteiger partial charge in [-0.1, -0.05) is 6.35 Å². The summed E-state index contributed by atoms with van der Waals surface area (Å²) >= 11 is 0. The Morgan fingerprint density at radius 2 is 1.53 bits per heavy atom. The van der Waals surface area contributed by atoms with Gasteiger partial charge in [-0.05, 0) is 13.8 Å². The molecule has 0 unspecified atom stereocenters. The van der Waals surface area contributed by atoms with E-state index in [0.29, 0.717) is 0 Å². The first kappa shape index (κ1) is 25.9. The standard InChI is InChI=1S/C6H11F3O6PS.U.Y/c1-3-13-16(10,14-4-2)5-15-17(11,12)6(7,8)9;;/h5H,3-4H2,1-2H3;;/q-1;;. The molecule has 0 aliphatic rings. The molecule has 0 aromatic rings. The van der Waals surface area contributed by atoms with Gasteiger partial charge in [0.2, 0.25) is 7.60 Å². The Morgan fingerprint density at radius 3 is 1.79 bits per heavy atom. The third-order valence-corrected chi connectivity index (χ3v) is 3.86. The normalized spacial score (nSPS) is 12.5. The van der Waals surface area contributed by atoms with Crippen LogP contribution in [0.2, 0.25) is 0 Å². The molecule has 13 heteroatoms. The molecule has 0 rings (SSSR count). The topological polar surface area (TPSA) is 78.9 Å². The Morgan fingerprint density at radius 1 is 1.16 bits per heavy atom. The molecular weight excluding hydrogens is 615 g/mol. The van der Waals surface area contributed by atoms with E-state index in [-0.39, 0.29) is 83.4 Å². The number of alkyl halides is 3. The molecule has 0 aromatic heterocycles. The van der Waals surface area contributed by atoms with Gasteiger partial charge in [-0.3, -0.25) is 4.57 Å². The zero-order valence-corrected chi connectivity index (χ0v) is 18.7. The van der Waals surface area contributed by atoms with Gasteiger partial charge in [0.1, 0.15) is 0 Å². The molecule has 0 amide bonds. The third kappa shape index (κ3) is 9.59. The largest absolute Gasteiger partial charge is 0.520 e. The minimum Gasteiger partial charge on any atom is -0.428 e. The van der Waals surface area contributed by atoms with Crippen LogP contribution in [-0.2, 0) is 60.6 Å². The fraction of sp³-hybridized carbons (Fsp3) is 0.833. The van der Waals surface area contributed by atoms with Gasteiger partial charge in [0.05, 0.1) is 13.2 Å². The number of halogens is 3. The Kier molecular flexibility index (Phi) is 14.6. The molecule has 0 atom stereocenters. The predicted octanol–water partition coefficient (Wildman–Crippen LogP) is 2.24. The molecule has 0 aliphatic carbocycles. The summed E-state index contributed by atoms with van der Waals surface area (Å²) in [6.45, 7) is 2.50. The summed E-state index contributed by atoms with van der Waals surface area (Å²) < 4.78 is 80.6. The van der Waals surface area contributed by atoms with Gasteiger partial charge < -0.3 is 13.2 Å². The summed E-state index contributed by atoms with van der Waals surface area (Å²) in [4.78, 5) is 0. The van der Waals surface area contributed by atoms with Crippen LogP contribution in [0, 0.1) is 37.5 Å². The molecule has 0 bridgehead atoms. The van der Waals surface area contributed by atoms with E-state index in [1.807, 2.05) is 0 Å². The zero-order chi connectivity index (χ0) is 13.7. The SMILES string of the molecule is CCOP(=O)([CH-]OS(=O)(=O)C(F)(F)F)OCC.[U].[Y]. The first-order valence-electron chi connectivity index (χ1n) is 4.30. The van der Waals surface area contributed by atoms with Crippen LogP contribution in [0.3, 0.4) is 0 Å². The number of hydrogen-bond donors (Lipinski definition) is 0. The van der Waals surface area contributed by atoms with E-state index in [1.54, 1.807) is 0 Å². The van der Waals surface area contributed by atoms with Crippen LogP contribution in [0.15, 0.2) is 0 Å². The third-order valence-electron chi connectivity index (χ3n) is 1.20. The van der Waals surface area contributed by atoms with E-state index in [4.69, 9.17) is 0 Å². The van der Waals surface area contributed by atoms with E-state index < -0.39 is 23.2 Å². The molecule has 19 heavy (non-hydrogen) atoms. The van der Waals surface area contributed by atoms with Gasteiger partial charge in [-0.15, -0.1) is 0 Å². The first-order valence-corrected chi connectivity index (χ1v) is 7.32. The molecule has 0 spiro atoms. The van der Waals surface area contributed by atoms with E-state index in [0.717, 1.165) is 0 Å². The van der Waals surface area contributed by atoms with Crippen LogP contribution < -0.4 is 0 Å². The maximum atomic E-state index is 11.9. The first-order chi connectivity index (χ1) is 7.58. The summed E-state index contributed by atoms with van der Waals surface area (Å²) in [5, 5.41) is 0. The van der Waals surface area contributed by atoms with Crippen LogP contribution in [-0.4, -0.2) is 27.1 Å². The fourth-order valence-corrected chi connectivity index (χ4v) is 2.52. The van der Waals surface area contributed by atoms with Crippen molar-refractivity contribution >= 4 is 17.7 Å². The Bertz CT molecular complexity index is 379. The minimum absolute atomic E-state index is 0. The summed E-state index contributed by atoms with van der Waals surface area (Å²) in [5.41, 5.74) is -5.60. The van der Waals surface area contributed by atoms with Crippen LogP contribution in [0.25, 0.3) is 0 Å². The molecule has 0 N–H and O–H groups in total. The van der Waals surface area contributed by atoms with E-state index in [1.165, 1.54) is 13.8 Å². The van der Waals surface area contributed by atoms with Crippen molar-refractivity contribution in [2.24, 2.45) is 0 Å². The molecule has 0 aliphatic heterocycles. The van der Waals surface area contributed by atoms with Gasteiger partial charge in [-0.25, -0.2) is 0 Å². The second-order valence-corrected chi connectivity index (χ2v) is 5.85. The minimum atomic E-state index is -5.86. The molecule has 0 saturated carbocycles. The maximum Gasteiger partial charge on any atom is 0.520 e. The number of rotatable bonds is 7. The van der Waals surface area contributed by atoms with Crippen molar-refractivity contribution in [3.05, 3.63) is 6.35 Å². The molecule has 1 radical (unpaired) electrons. The van der Waals surface area contributed by atoms with Crippen molar-refractivity contribution in [2.75, 3.05) is 13.2 Å². The van der Waals surface area contributed by atoms with Gasteiger partial charge in [-0.2, -0.15) is 21.6 Å². The van der Waals surface area contributed by atoms with Gasteiger partial charge in [0, 0.05) is 63.8 Å². The quantitative estimate of drug-likeness (QED) is 0.187. The van der Waals surface area contributed by atoms with Crippen molar-refractivity contribution in [3.63, 3.8) is 0 Å². The molecule has 0 fully saturated rings. The average molecular weight is 626 g/mol. The summed E-state index contributed by atoms with van der Waals surface area (Å²) in [5.74, 6) is 0. The van der Waals surface area contributed by atoms with Crippen LogP contribution in [0.5, 0.6) is 0 Å². The smallest absolute Gasteiger partial charge is 0.428 e. The maximum absolute atomic E-state index is 11.9. The van der Waals surface area contributed by atoms with Crippen molar-refractivity contribution in [2.45, 2.75) is 19.4 Å². The summed E-state index contributed by atoms with van der Waals surface area (Å²) in [7, 11) is -9.97. The van der Waals surface area contributed by atoms with Gasteiger partial charge in [0.15, 0.2) is 0 Å². The van der Waals surface area contributed by atoms with Crippen LogP contribution in [0.1, 0.15) is 13.8 Å². The van der Waals surface area contributed by atoms with E-state index >= 15 is 0 Å². The fourth-order valence-electron chi connectivity index (χ4n) is 0.622. The van der Waals surface area contributed by atoms with Crippen molar-refractivity contribution in [3.8, 4) is 0 Å². The zero-order valence-electron chi connectivity index (χ0n) is 10.0. The van der Waals surface area contributed by atoms with Crippen molar-refractivity contribution in [1.82, 2.24) is 0 Å². The Hall–Kier alpha value is 2.01. The summed E-state index contributed by atoms with van der Waals surface area (Å²) in [6, 6.07) is 0. The molecular formula is C6H11F3O6PSUY-. The summed E-state index contributed by atoms with van der Waals surface area (Å²) in [6.07, 6.45) is -0.0805. The Balaban J connectivity index is -0.00000128. The van der Waals surface area contributed by atoms with Crippen molar-refractivity contribution in [1.29, 1.82) is 0 Å². The van der Waals surface area contributed by atoms with E-state index in [2.05, 4.69) is 13.2 Å². The van der Waals surface area contributed by atoms with Gasteiger partial charge in [0.25, 0.3) is 0 Å². The molecule has 0 heterocycles. The van der Waals surface area contributed by atoms with Crippen LogP contribution >= 0.6 is 7.60 Å². The second-order valence-electron chi connectivity index (χ2n) is 2.48. The second kappa shape index (κ2) is 10.7.